The van der Waals surface area contributed by atoms with Gasteiger partial charge in [0.1, 0.15) is 17.0 Å². The second-order valence-electron chi connectivity index (χ2n) is 6.79. The number of nitrogens with zero attached hydrogens (tertiary/aromatic N) is 3. The van der Waals surface area contributed by atoms with Crippen LogP contribution in [0.1, 0.15) is 12.8 Å². The van der Waals surface area contributed by atoms with Gasteiger partial charge in [0, 0.05) is 18.0 Å². The van der Waals surface area contributed by atoms with Crippen LogP contribution in [0, 0.1) is 5.92 Å². The van der Waals surface area contributed by atoms with E-state index >= 15 is 0 Å². The minimum Gasteiger partial charge on any atom is -0.481 e. The van der Waals surface area contributed by atoms with Crippen molar-refractivity contribution in [3.8, 4) is 10.4 Å². The molecule has 1 aliphatic heterocycles. The molecule has 0 saturated carbocycles. The van der Waals surface area contributed by atoms with Crippen molar-refractivity contribution < 1.29 is 14.7 Å². The maximum Gasteiger partial charge on any atom is 0.308 e. The standard InChI is InChI=1S/C20H20N4O3S/c25-17(24-8-4-7-14(11-24)20(26)27)10-21-18-15-9-16(13-5-2-1-3-6-13)28-19(15)23-12-22-18/h1-3,5-6,9,12,14H,4,7-8,10-11H2,(H,26,27)(H,21,22,23). The third kappa shape index (κ3) is 3.82. The molecule has 1 aliphatic rings. The van der Waals surface area contributed by atoms with Crippen molar-refractivity contribution in [2.45, 2.75) is 12.8 Å². The van der Waals surface area contributed by atoms with Gasteiger partial charge in [0.15, 0.2) is 0 Å². The van der Waals surface area contributed by atoms with Crippen molar-refractivity contribution >= 4 is 39.2 Å². The molecule has 28 heavy (non-hydrogen) atoms. The first-order valence-electron chi connectivity index (χ1n) is 9.16. The Hall–Kier alpha value is -3.00. The van der Waals surface area contributed by atoms with Gasteiger partial charge in [-0.25, -0.2) is 9.97 Å². The Bertz CT molecular complexity index is 1010. The SMILES string of the molecule is O=C(O)C1CCCN(C(=O)CNc2ncnc3sc(-c4ccccc4)cc23)C1. The minimum atomic E-state index is -0.838. The van der Waals surface area contributed by atoms with Crippen LogP contribution >= 0.6 is 11.3 Å². The number of thiophene rings is 1. The number of anilines is 1. The van der Waals surface area contributed by atoms with Gasteiger partial charge in [-0.1, -0.05) is 30.3 Å². The number of benzene rings is 1. The predicted molar refractivity (Wildman–Crippen MR) is 108 cm³/mol. The number of amides is 1. The number of fused-ring (bicyclic) bond motifs is 1. The number of carboxylic acid groups (broad SMARTS) is 1. The molecule has 1 aromatic carbocycles. The number of piperidine rings is 1. The van der Waals surface area contributed by atoms with Crippen molar-refractivity contribution in [1.29, 1.82) is 0 Å². The number of aliphatic carboxylic acids is 1. The lowest BCUT2D eigenvalue weighted by molar-refractivity contribution is -0.145. The molecule has 3 aromatic rings. The van der Waals surface area contributed by atoms with Crippen molar-refractivity contribution in [3.63, 3.8) is 0 Å². The fourth-order valence-corrected chi connectivity index (χ4v) is 4.42. The summed E-state index contributed by atoms with van der Waals surface area (Å²) in [4.78, 5) is 35.9. The zero-order valence-corrected chi connectivity index (χ0v) is 16.0. The summed E-state index contributed by atoms with van der Waals surface area (Å²) in [6.07, 6.45) is 2.82. The highest BCUT2D eigenvalue weighted by Crippen LogP contribution is 2.34. The quantitative estimate of drug-likeness (QED) is 0.688. The van der Waals surface area contributed by atoms with Crippen LogP contribution in [-0.4, -0.2) is 51.5 Å². The summed E-state index contributed by atoms with van der Waals surface area (Å²) >= 11 is 1.58. The molecule has 0 bridgehead atoms. The number of nitrogens with one attached hydrogen (secondary N) is 1. The van der Waals surface area contributed by atoms with E-state index in [9.17, 15) is 14.7 Å². The lowest BCUT2D eigenvalue weighted by atomic mass is 9.98. The topological polar surface area (TPSA) is 95.4 Å². The fourth-order valence-electron chi connectivity index (χ4n) is 3.42. The van der Waals surface area contributed by atoms with E-state index in [1.807, 2.05) is 36.4 Å². The maximum absolute atomic E-state index is 12.5. The number of hydrogen-bond acceptors (Lipinski definition) is 6. The molecule has 1 saturated heterocycles. The number of rotatable bonds is 5. The van der Waals surface area contributed by atoms with Gasteiger partial charge in [-0.3, -0.25) is 9.59 Å². The van der Waals surface area contributed by atoms with E-state index in [1.165, 1.54) is 6.33 Å². The Morgan fingerprint density at radius 1 is 1.25 bits per heavy atom. The van der Waals surface area contributed by atoms with Gasteiger partial charge in [0.25, 0.3) is 0 Å². The van der Waals surface area contributed by atoms with E-state index in [1.54, 1.807) is 16.2 Å². The summed E-state index contributed by atoms with van der Waals surface area (Å²) in [7, 11) is 0. The summed E-state index contributed by atoms with van der Waals surface area (Å²) in [5.74, 6) is -0.816. The van der Waals surface area contributed by atoms with Crippen LogP contribution in [0.3, 0.4) is 0 Å². The third-order valence-corrected chi connectivity index (χ3v) is 6.01. The molecule has 8 heteroatoms. The molecule has 0 radical (unpaired) electrons. The van der Waals surface area contributed by atoms with Crippen molar-refractivity contribution in [2.24, 2.45) is 5.92 Å². The molecule has 144 valence electrons. The van der Waals surface area contributed by atoms with Crippen LogP contribution in [0.25, 0.3) is 20.7 Å². The summed E-state index contributed by atoms with van der Waals surface area (Å²) < 4.78 is 0. The van der Waals surface area contributed by atoms with E-state index < -0.39 is 11.9 Å². The second-order valence-corrected chi connectivity index (χ2v) is 7.82. The Labute approximate surface area is 166 Å². The highest BCUT2D eigenvalue weighted by atomic mass is 32.1. The first-order valence-corrected chi connectivity index (χ1v) is 9.98. The first-order chi connectivity index (χ1) is 13.6. The van der Waals surface area contributed by atoms with Crippen LogP contribution in [0.15, 0.2) is 42.7 Å². The molecular weight excluding hydrogens is 376 g/mol. The molecule has 2 aromatic heterocycles. The van der Waals surface area contributed by atoms with Crippen LogP contribution in [-0.2, 0) is 9.59 Å². The summed E-state index contributed by atoms with van der Waals surface area (Å²) in [5, 5.41) is 13.2. The smallest absolute Gasteiger partial charge is 0.308 e. The summed E-state index contributed by atoms with van der Waals surface area (Å²) in [6, 6.07) is 12.1. The Kier molecular flexibility index (Phi) is 5.21. The predicted octanol–water partition coefficient (Wildman–Crippen LogP) is 3.09. The molecule has 1 unspecified atom stereocenters. The van der Waals surface area contributed by atoms with Gasteiger partial charge in [-0.05, 0) is 24.5 Å². The van der Waals surface area contributed by atoms with E-state index in [2.05, 4.69) is 15.3 Å². The molecule has 1 atom stereocenters. The average molecular weight is 396 g/mol. The fraction of sp³-hybridized carbons (Fsp3) is 0.300. The van der Waals surface area contributed by atoms with E-state index in [0.717, 1.165) is 20.7 Å². The summed E-state index contributed by atoms with van der Waals surface area (Å²) in [6.45, 7) is 0.945. The van der Waals surface area contributed by atoms with Crippen molar-refractivity contribution in [1.82, 2.24) is 14.9 Å². The molecule has 7 nitrogen and oxygen atoms in total. The number of carboxylic acids is 1. The van der Waals surface area contributed by atoms with E-state index in [4.69, 9.17) is 0 Å². The monoisotopic (exact) mass is 396 g/mol. The molecule has 0 spiro atoms. The van der Waals surface area contributed by atoms with Gasteiger partial charge in [0.05, 0.1) is 17.8 Å². The van der Waals surface area contributed by atoms with Crippen LogP contribution in [0.4, 0.5) is 5.82 Å². The normalized spacial score (nSPS) is 16.9. The Balaban J connectivity index is 1.48. The largest absolute Gasteiger partial charge is 0.481 e. The average Bonchev–Trinajstić information content (AvgIpc) is 3.17. The van der Waals surface area contributed by atoms with E-state index in [-0.39, 0.29) is 19.0 Å². The molecule has 1 fully saturated rings. The lowest BCUT2D eigenvalue weighted by Gasteiger charge is -2.30. The molecule has 0 aliphatic carbocycles. The highest BCUT2D eigenvalue weighted by molar-refractivity contribution is 7.21. The number of aromatic nitrogens is 2. The molecule has 2 N–H and O–H groups in total. The molecule has 1 amide bonds. The molecule has 3 heterocycles. The van der Waals surface area contributed by atoms with Gasteiger partial charge in [-0.2, -0.15) is 0 Å². The second kappa shape index (κ2) is 7.93. The number of carbonyl (C=O) groups is 2. The summed E-state index contributed by atoms with van der Waals surface area (Å²) in [5.41, 5.74) is 1.11. The third-order valence-electron chi connectivity index (χ3n) is 4.92. The number of likely N-dealkylation sites (tertiary alicyclic amines) is 1. The maximum atomic E-state index is 12.5. The van der Waals surface area contributed by atoms with E-state index in [0.29, 0.717) is 25.2 Å². The van der Waals surface area contributed by atoms with Crippen LogP contribution < -0.4 is 5.32 Å². The molecule has 4 rings (SSSR count). The van der Waals surface area contributed by atoms with Gasteiger partial charge in [-0.15, -0.1) is 11.3 Å². The minimum absolute atomic E-state index is 0.0783. The molecular formula is C20H20N4O3S. The first kappa shape index (κ1) is 18.4. The Morgan fingerprint density at radius 2 is 2.07 bits per heavy atom. The van der Waals surface area contributed by atoms with Crippen LogP contribution in [0.5, 0.6) is 0 Å². The van der Waals surface area contributed by atoms with Gasteiger partial charge >= 0.3 is 5.97 Å². The van der Waals surface area contributed by atoms with Gasteiger partial charge in [0.2, 0.25) is 5.91 Å². The van der Waals surface area contributed by atoms with Gasteiger partial charge < -0.3 is 15.3 Å². The lowest BCUT2D eigenvalue weighted by Crippen LogP contribution is -2.44. The van der Waals surface area contributed by atoms with Crippen LogP contribution in [0.2, 0.25) is 0 Å². The zero-order valence-electron chi connectivity index (χ0n) is 15.2. The van der Waals surface area contributed by atoms with Crippen molar-refractivity contribution in [2.75, 3.05) is 25.0 Å². The van der Waals surface area contributed by atoms with Crippen molar-refractivity contribution in [3.05, 3.63) is 42.7 Å². The Morgan fingerprint density at radius 3 is 2.86 bits per heavy atom. The number of carbonyl (C=O) groups excluding carboxylic acids is 1. The highest BCUT2D eigenvalue weighted by Gasteiger charge is 2.28. The number of hydrogen-bond donors (Lipinski definition) is 2. The zero-order chi connectivity index (χ0) is 19.5.